The molecule has 4 rings (SSSR count). The Labute approximate surface area is 186 Å². The molecule has 0 aliphatic carbocycles. The average Bonchev–Trinajstić information content (AvgIpc) is 2.81. The minimum absolute atomic E-state index is 0.181. The Kier molecular flexibility index (Phi) is 6.35. The van der Waals surface area contributed by atoms with Crippen molar-refractivity contribution in [2.75, 3.05) is 30.4 Å². The second-order valence-corrected chi connectivity index (χ2v) is 7.51. The number of nitrogens with one attached hydrogen (secondary N) is 1. The molecule has 3 aromatic rings. The lowest BCUT2D eigenvalue weighted by molar-refractivity contribution is 0.102. The highest BCUT2D eigenvalue weighted by atomic mass is 19.1. The molecular weight excluding hydrogens is 409 g/mol. The van der Waals surface area contributed by atoms with Gasteiger partial charge in [0.25, 0.3) is 5.91 Å². The molecule has 32 heavy (non-hydrogen) atoms. The first kappa shape index (κ1) is 21.4. The van der Waals surface area contributed by atoms with Crippen LogP contribution >= 0.6 is 0 Å². The van der Waals surface area contributed by atoms with E-state index in [1.807, 2.05) is 6.07 Å². The fourth-order valence-electron chi connectivity index (χ4n) is 3.84. The Morgan fingerprint density at radius 1 is 1.03 bits per heavy atom. The van der Waals surface area contributed by atoms with E-state index in [1.54, 1.807) is 64.4 Å². The number of nitrogens with zero attached hydrogens (tertiary/aromatic N) is 2. The Morgan fingerprint density at radius 2 is 1.81 bits per heavy atom. The topological polar surface area (TPSA) is 61.9 Å². The van der Waals surface area contributed by atoms with Gasteiger partial charge in [0.05, 0.1) is 24.0 Å². The van der Waals surface area contributed by atoms with Gasteiger partial charge < -0.3 is 15.0 Å². The van der Waals surface area contributed by atoms with Crippen LogP contribution in [-0.2, 0) is 6.54 Å². The number of amides is 3. The molecule has 0 unspecified atom stereocenters. The Balaban J connectivity index is 1.56. The summed E-state index contributed by atoms with van der Waals surface area (Å²) in [6.45, 7) is 1.43. The van der Waals surface area contributed by atoms with Crippen molar-refractivity contribution in [2.24, 2.45) is 0 Å². The summed E-state index contributed by atoms with van der Waals surface area (Å²) < 4.78 is 18.9. The molecule has 1 fully saturated rings. The minimum Gasteiger partial charge on any atom is -0.496 e. The van der Waals surface area contributed by atoms with E-state index in [0.29, 0.717) is 42.3 Å². The van der Waals surface area contributed by atoms with Crippen LogP contribution in [0.1, 0.15) is 22.3 Å². The fraction of sp³-hybridized carbons (Fsp3) is 0.200. The van der Waals surface area contributed by atoms with Gasteiger partial charge in [-0.2, -0.15) is 0 Å². The normalized spacial score (nSPS) is 13.8. The summed E-state index contributed by atoms with van der Waals surface area (Å²) >= 11 is 0. The summed E-state index contributed by atoms with van der Waals surface area (Å²) in [5.74, 6) is -0.179. The summed E-state index contributed by atoms with van der Waals surface area (Å²) in [5, 5.41) is 2.91. The SMILES string of the molecule is COc1ccccc1C(=O)Nc1ccccc1N1CCCN(Cc2cccc(F)c2)C1=O. The summed E-state index contributed by atoms with van der Waals surface area (Å²) in [5.41, 5.74) is 2.29. The maximum absolute atomic E-state index is 13.6. The maximum atomic E-state index is 13.6. The lowest BCUT2D eigenvalue weighted by atomic mass is 10.1. The van der Waals surface area contributed by atoms with Crippen LogP contribution in [0.4, 0.5) is 20.6 Å². The quantitative estimate of drug-likeness (QED) is 0.600. The van der Waals surface area contributed by atoms with Gasteiger partial charge in [-0.25, -0.2) is 9.18 Å². The van der Waals surface area contributed by atoms with Gasteiger partial charge in [-0.15, -0.1) is 0 Å². The van der Waals surface area contributed by atoms with Crippen LogP contribution in [0.25, 0.3) is 0 Å². The summed E-state index contributed by atoms with van der Waals surface area (Å²) in [4.78, 5) is 29.5. The van der Waals surface area contributed by atoms with Crippen LogP contribution in [0.15, 0.2) is 72.8 Å². The highest BCUT2D eigenvalue weighted by Gasteiger charge is 2.28. The van der Waals surface area contributed by atoms with Gasteiger partial charge in [0.1, 0.15) is 11.6 Å². The number of rotatable bonds is 6. The number of anilines is 2. The van der Waals surface area contributed by atoms with Crippen molar-refractivity contribution in [2.45, 2.75) is 13.0 Å². The van der Waals surface area contributed by atoms with Crippen molar-refractivity contribution in [3.63, 3.8) is 0 Å². The molecular formula is C25H24FN3O3. The number of hydrogen-bond acceptors (Lipinski definition) is 3. The molecule has 0 bridgehead atoms. The van der Waals surface area contributed by atoms with E-state index >= 15 is 0 Å². The van der Waals surface area contributed by atoms with Gasteiger partial charge in [-0.3, -0.25) is 9.69 Å². The predicted octanol–water partition coefficient (Wildman–Crippen LogP) is 4.92. The lowest BCUT2D eigenvalue weighted by Gasteiger charge is -2.36. The number of hydrogen-bond donors (Lipinski definition) is 1. The lowest BCUT2D eigenvalue weighted by Crippen LogP contribution is -2.49. The first-order valence-electron chi connectivity index (χ1n) is 10.4. The van der Waals surface area contributed by atoms with Gasteiger partial charge in [-0.05, 0) is 48.4 Å². The molecule has 0 atom stereocenters. The van der Waals surface area contributed by atoms with Crippen molar-refractivity contribution < 1.29 is 18.7 Å². The van der Waals surface area contributed by atoms with Crippen molar-refractivity contribution >= 4 is 23.3 Å². The van der Waals surface area contributed by atoms with Crippen LogP contribution in [-0.4, -0.2) is 37.0 Å². The van der Waals surface area contributed by atoms with E-state index in [-0.39, 0.29) is 17.8 Å². The van der Waals surface area contributed by atoms with Crippen LogP contribution in [0.5, 0.6) is 5.75 Å². The zero-order chi connectivity index (χ0) is 22.5. The molecule has 1 aliphatic rings. The number of ether oxygens (including phenoxy) is 1. The molecule has 164 valence electrons. The van der Waals surface area contributed by atoms with Crippen LogP contribution < -0.4 is 15.0 Å². The second kappa shape index (κ2) is 9.51. The average molecular weight is 433 g/mol. The van der Waals surface area contributed by atoms with E-state index < -0.39 is 0 Å². The number of para-hydroxylation sites is 3. The van der Waals surface area contributed by atoms with Crippen LogP contribution in [0.3, 0.4) is 0 Å². The third-order valence-electron chi connectivity index (χ3n) is 5.37. The molecule has 1 heterocycles. The minimum atomic E-state index is -0.326. The van der Waals surface area contributed by atoms with E-state index in [2.05, 4.69) is 5.32 Å². The van der Waals surface area contributed by atoms with Crippen LogP contribution in [0.2, 0.25) is 0 Å². The third kappa shape index (κ3) is 4.56. The molecule has 3 amide bonds. The first-order valence-corrected chi connectivity index (χ1v) is 10.4. The van der Waals surface area contributed by atoms with Gasteiger partial charge in [0.2, 0.25) is 0 Å². The number of methoxy groups -OCH3 is 1. The fourth-order valence-corrected chi connectivity index (χ4v) is 3.84. The molecule has 0 saturated carbocycles. The number of halogens is 1. The van der Waals surface area contributed by atoms with Crippen molar-refractivity contribution in [1.82, 2.24) is 4.90 Å². The monoisotopic (exact) mass is 433 g/mol. The second-order valence-electron chi connectivity index (χ2n) is 7.51. The number of urea groups is 1. The Hall–Kier alpha value is -3.87. The molecule has 1 N–H and O–H groups in total. The van der Waals surface area contributed by atoms with Gasteiger partial charge >= 0.3 is 6.03 Å². The maximum Gasteiger partial charge on any atom is 0.324 e. The van der Waals surface area contributed by atoms with Crippen molar-refractivity contribution in [1.29, 1.82) is 0 Å². The highest BCUT2D eigenvalue weighted by molar-refractivity contribution is 6.09. The van der Waals surface area contributed by atoms with Gasteiger partial charge in [0.15, 0.2) is 0 Å². The number of benzene rings is 3. The molecule has 3 aromatic carbocycles. The molecule has 1 aliphatic heterocycles. The molecule has 7 heteroatoms. The van der Waals surface area contributed by atoms with E-state index in [4.69, 9.17) is 4.74 Å². The standard InChI is InChI=1S/C25H24FN3O3/c1-32-23-13-5-2-10-20(23)24(30)27-21-11-3-4-12-22(21)29-15-7-14-28(25(29)31)17-18-8-6-9-19(26)16-18/h2-6,8-13,16H,7,14-15,17H2,1H3,(H,27,30). The third-order valence-corrected chi connectivity index (χ3v) is 5.37. The van der Waals surface area contributed by atoms with Gasteiger partial charge in [0, 0.05) is 19.6 Å². The summed E-state index contributed by atoms with van der Waals surface area (Å²) in [7, 11) is 1.51. The largest absolute Gasteiger partial charge is 0.496 e. The molecule has 0 aromatic heterocycles. The van der Waals surface area contributed by atoms with Crippen molar-refractivity contribution in [3.05, 3.63) is 89.7 Å². The highest BCUT2D eigenvalue weighted by Crippen LogP contribution is 2.30. The smallest absolute Gasteiger partial charge is 0.324 e. The molecule has 0 spiro atoms. The Bertz CT molecular complexity index is 1130. The van der Waals surface area contributed by atoms with E-state index in [1.165, 1.54) is 19.2 Å². The first-order chi connectivity index (χ1) is 15.6. The molecule has 0 radical (unpaired) electrons. The van der Waals surface area contributed by atoms with Crippen molar-refractivity contribution in [3.8, 4) is 5.75 Å². The number of carbonyl (C=O) groups excluding carboxylic acids is 2. The predicted molar refractivity (Wildman–Crippen MR) is 122 cm³/mol. The summed E-state index contributed by atoms with van der Waals surface area (Å²) in [6, 6.07) is 20.3. The number of carbonyl (C=O) groups is 2. The zero-order valence-corrected chi connectivity index (χ0v) is 17.8. The Morgan fingerprint density at radius 3 is 2.62 bits per heavy atom. The summed E-state index contributed by atoms with van der Waals surface area (Å²) in [6.07, 6.45) is 0.760. The van der Waals surface area contributed by atoms with Crippen LogP contribution in [0, 0.1) is 5.82 Å². The van der Waals surface area contributed by atoms with Gasteiger partial charge in [-0.1, -0.05) is 36.4 Å². The zero-order valence-electron chi connectivity index (χ0n) is 17.8. The molecule has 6 nitrogen and oxygen atoms in total. The van der Waals surface area contributed by atoms with E-state index in [9.17, 15) is 14.0 Å². The van der Waals surface area contributed by atoms with E-state index in [0.717, 1.165) is 12.0 Å². The molecule has 1 saturated heterocycles.